The first-order chi connectivity index (χ1) is 14.7. The number of benzene rings is 2. The van der Waals surface area contributed by atoms with Crippen LogP contribution in [0.25, 0.3) is 22.6 Å². The van der Waals surface area contributed by atoms with Gasteiger partial charge >= 0.3 is 12.8 Å². The summed E-state index contributed by atoms with van der Waals surface area (Å²) in [4.78, 5) is 17.0. The van der Waals surface area contributed by atoms with Crippen molar-refractivity contribution in [1.82, 2.24) is 9.55 Å². The number of hydrogen-bond acceptors (Lipinski definition) is 4. The van der Waals surface area contributed by atoms with Crippen LogP contribution in [-0.4, -0.2) is 23.3 Å². The zero-order chi connectivity index (χ0) is 22.3. The van der Waals surface area contributed by atoms with Crippen LogP contribution in [0, 0.1) is 0 Å². The second-order valence-corrected chi connectivity index (χ2v) is 6.83. The molecule has 1 aliphatic heterocycles. The van der Waals surface area contributed by atoms with Crippen LogP contribution in [-0.2, 0) is 12.7 Å². The Morgan fingerprint density at radius 2 is 1.90 bits per heavy atom. The number of fused-ring (bicyclic) bond motifs is 2. The Hall–Kier alpha value is -3.43. The van der Waals surface area contributed by atoms with Gasteiger partial charge in [0, 0.05) is 6.54 Å². The van der Waals surface area contributed by atoms with Gasteiger partial charge in [0.05, 0.1) is 23.6 Å². The predicted octanol–water partition coefficient (Wildman–Crippen LogP) is 4.97. The van der Waals surface area contributed by atoms with Crippen molar-refractivity contribution in [2.45, 2.75) is 25.8 Å². The number of allylic oxidation sites excluding steroid dienone is 1. The largest absolute Gasteiger partial charge is 0.493 e. The van der Waals surface area contributed by atoms with E-state index >= 15 is 0 Å². The highest BCUT2D eigenvalue weighted by atomic mass is 19.4. The average molecular weight is 438 g/mol. The van der Waals surface area contributed by atoms with Crippen LogP contribution in [0.2, 0.25) is 0 Å². The Labute approximate surface area is 172 Å². The molecule has 5 nitrogen and oxygen atoms in total. The molecule has 0 fully saturated rings. The van der Waals surface area contributed by atoms with Crippen molar-refractivity contribution in [3.05, 3.63) is 63.7 Å². The van der Waals surface area contributed by atoms with E-state index in [4.69, 9.17) is 4.74 Å². The summed E-state index contributed by atoms with van der Waals surface area (Å²) in [6, 6.07) is 7.18. The fourth-order valence-electron chi connectivity index (χ4n) is 3.50. The molecule has 0 N–H and O–H groups in total. The van der Waals surface area contributed by atoms with Gasteiger partial charge in [0.1, 0.15) is 5.82 Å². The summed E-state index contributed by atoms with van der Waals surface area (Å²) in [6.45, 7) is -2.68. The molecule has 2 aromatic carbocycles. The van der Waals surface area contributed by atoms with E-state index in [1.165, 1.54) is 29.9 Å². The highest BCUT2D eigenvalue weighted by Crippen LogP contribution is 2.34. The molecule has 162 valence electrons. The number of alkyl halides is 5. The van der Waals surface area contributed by atoms with Gasteiger partial charge in [0.25, 0.3) is 5.56 Å². The van der Waals surface area contributed by atoms with Crippen molar-refractivity contribution in [3.8, 4) is 11.5 Å². The maximum Gasteiger partial charge on any atom is 0.416 e. The number of ether oxygens (including phenoxy) is 2. The van der Waals surface area contributed by atoms with Crippen LogP contribution in [0.5, 0.6) is 11.5 Å². The van der Waals surface area contributed by atoms with E-state index in [2.05, 4.69) is 9.72 Å². The van der Waals surface area contributed by atoms with Gasteiger partial charge < -0.3 is 9.47 Å². The fraction of sp³-hybridized carbons (Fsp3) is 0.238. The number of aromatic nitrogens is 2. The summed E-state index contributed by atoms with van der Waals surface area (Å²) < 4.78 is 75.0. The monoisotopic (exact) mass is 438 g/mol. The number of hydrogen-bond donors (Lipinski definition) is 0. The highest BCUT2D eigenvalue weighted by Gasteiger charge is 2.31. The first-order valence-corrected chi connectivity index (χ1v) is 9.13. The molecule has 0 aliphatic carbocycles. The molecule has 3 aromatic rings. The molecule has 10 heteroatoms. The summed E-state index contributed by atoms with van der Waals surface area (Å²) >= 11 is 0. The van der Waals surface area contributed by atoms with Gasteiger partial charge in [-0.05, 0) is 54.0 Å². The first-order valence-electron chi connectivity index (χ1n) is 9.13. The van der Waals surface area contributed by atoms with Gasteiger partial charge in [-0.1, -0.05) is 6.07 Å². The lowest BCUT2D eigenvalue weighted by Gasteiger charge is -2.11. The summed E-state index contributed by atoms with van der Waals surface area (Å²) in [5, 5.41) is 0.105. The van der Waals surface area contributed by atoms with Crippen molar-refractivity contribution in [2.75, 3.05) is 7.11 Å². The SMILES string of the molecule is COc1cc(/C=C2/CCn3c2nc2cc(C(F)(F)F)ccc2c3=O)ccc1OC(F)F. The maximum atomic E-state index is 13.0. The second-order valence-electron chi connectivity index (χ2n) is 6.83. The fourth-order valence-corrected chi connectivity index (χ4v) is 3.50. The van der Waals surface area contributed by atoms with E-state index in [1.807, 2.05) is 0 Å². The van der Waals surface area contributed by atoms with Crippen molar-refractivity contribution in [2.24, 2.45) is 0 Å². The zero-order valence-electron chi connectivity index (χ0n) is 16.0. The van der Waals surface area contributed by atoms with Gasteiger partial charge in [-0.2, -0.15) is 22.0 Å². The predicted molar refractivity (Wildman–Crippen MR) is 103 cm³/mol. The third-order valence-corrected chi connectivity index (χ3v) is 4.92. The molecule has 1 aromatic heterocycles. The Balaban J connectivity index is 1.78. The zero-order valence-corrected chi connectivity index (χ0v) is 16.0. The first kappa shape index (κ1) is 20.8. The summed E-state index contributed by atoms with van der Waals surface area (Å²) in [5.41, 5.74) is -0.159. The van der Waals surface area contributed by atoms with Crippen molar-refractivity contribution in [1.29, 1.82) is 0 Å². The molecule has 31 heavy (non-hydrogen) atoms. The molecule has 0 bridgehead atoms. The smallest absolute Gasteiger partial charge is 0.416 e. The van der Waals surface area contributed by atoms with E-state index in [1.54, 1.807) is 6.08 Å². The van der Waals surface area contributed by atoms with Crippen molar-refractivity contribution >= 4 is 22.6 Å². The third kappa shape index (κ3) is 3.97. The second kappa shape index (κ2) is 7.68. The topological polar surface area (TPSA) is 53.4 Å². The minimum Gasteiger partial charge on any atom is -0.493 e. The number of halogens is 5. The van der Waals surface area contributed by atoms with Gasteiger partial charge in [-0.15, -0.1) is 0 Å². The Kier molecular flexibility index (Phi) is 5.16. The molecule has 0 unspecified atom stereocenters. The molecule has 0 saturated heterocycles. The van der Waals surface area contributed by atoms with Crippen LogP contribution in [0.15, 0.2) is 41.2 Å². The van der Waals surface area contributed by atoms with Crippen LogP contribution >= 0.6 is 0 Å². The van der Waals surface area contributed by atoms with Crippen molar-refractivity contribution in [3.63, 3.8) is 0 Å². The molecule has 2 heterocycles. The summed E-state index contributed by atoms with van der Waals surface area (Å²) in [5.74, 6) is 0.224. The van der Waals surface area contributed by atoms with Crippen LogP contribution in [0.4, 0.5) is 22.0 Å². The minimum absolute atomic E-state index is 0.0443. The number of nitrogens with zero attached hydrogens (tertiary/aromatic N) is 2. The maximum absolute atomic E-state index is 13.0. The van der Waals surface area contributed by atoms with Crippen LogP contribution < -0.4 is 15.0 Å². The minimum atomic E-state index is -4.55. The molecule has 0 saturated carbocycles. The third-order valence-electron chi connectivity index (χ3n) is 4.92. The van der Waals surface area contributed by atoms with E-state index in [0.717, 1.165) is 18.2 Å². The standard InChI is InChI=1S/C21H15F5N2O3/c1-30-17-9-11(2-5-16(17)31-20(22)23)8-12-6-7-28-18(12)27-15-10-13(21(24,25)26)3-4-14(15)19(28)29/h2-5,8-10,20H,6-7H2,1H3/b12-8-. The lowest BCUT2D eigenvalue weighted by Crippen LogP contribution is -2.21. The normalized spacial score (nSPS) is 15.0. The highest BCUT2D eigenvalue weighted by molar-refractivity contribution is 5.85. The van der Waals surface area contributed by atoms with Gasteiger partial charge in [0.15, 0.2) is 11.5 Å². The molecule has 0 atom stereocenters. The van der Waals surface area contributed by atoms with E-state index in [0.29, 0.717) is 24.1 Å². The van der Waals surface area contributed by atoms with Crippen molar-refractivity contribution < 1.29 is 31.4 Å². The van der Waals surface area contributed by atoms with E-state index < -0.39 is 23.9 Å². The van der Waals surface area contributed by atoms with Gasteiger partial charge in [0.2, 0.25) is 0 Å². The lowest BCUT2D eigenvalue weighted by atomic mass is 10.1. The molecular formula is C21H15F5N2O3. The number of rotatable bonds is 4. The molecule has 0 radical (unpaired) electrons. The molecule has 1 aliphatic rings. The van der Waals surface area contributed by atoms with Crippen LogP contribution in [0.1, 0.15) is 23.4 Å². The van der Waals surface area contributed by atoms with Gasteiger partial charge in [-0.25, -0.2) is 4.98 Å². The average Bonchev–Trinajstić information content (AvgIpc) is 3.10. The van der Waals surface area contributed by atoms with Crippen LogP contribution in [0.3, 0.4) is 0 Å². The summed E-state index contributed by atoms with van der Waals surface area (Å²) in [6.07, 6.45) is -2.44. The van der Waals surface area contributed by atoms with E-state index in [9.17, 15) is 26.7 Å². The Morgan fingerprint density at radius 1 is 1.13 bits per heavy atom. The molecule has 0 spiro atoms. The Morgan fingerprint density at radius 3 is 2.58 bits per heavy atom. The molecular weight excluding hydrogens is 423 g/mol. The van der Waals surface area contributed by atoms with Gasteiger partial charge in [-0.3, -0.25) is 9.36 Å². The molecule has 4 rings (SSSR count). The van der Waals surface area contributed by atoms with E-state index in [-0.39, 0.29) is 28.2 Å². The summed E-state index contributed by atoms with van der Waals surface area (Å²) in [7, 11) is 1.31. The molecule has 0 amide bonds. The Bertz CT molecular complexity index is 1250. The lowest BCUT2D eigenvalue weighted by molar-refractivity contribution is -0.137. The number of methoxy groups -OCH3 is 1. The quantitative estimate of drug-likeness (QED) is 0.540.